The number of halogens is 2. The molecule has 330 valence electrons. The van der Waals surface area contributed by atoms with Crippen LogP contribution in [0.4, 0.5) is 20.2 Å². The van der Waals surface area contributed by atoms with Gasteiger partial charge in [0.25, 0.3) is 0 Å². The minimum absolute atomic E-state index is 0.0112. The first-order valence-corrected chi connectivity index (χ1v) is 24.1. The van der Waals surface area contributed by atoms with E-state index in [1.807, 2.05) is 4.90 Å². The third-order valence-corrected chi connectivity index (χ3v) is 15.9. The molecule has 4 atom stereocenters. The van der Waals surface area contributed by atoms with Crippen molar-refractivity contribution in [1.29, 1.82) is 0 Å². The van der Waals surface area contributed by atoms with Crippen molar-refractivity contribution in [2.24, 2.45) is 0 Å². The average Bonchev–Trinajstić information content (AvgIpc) is 4.03. The summed E-state index contributed by atoms with van der Waals surface area (Å²) in [5.74, 6) is -1.31. The van der Waals surface area contributed by atoms with Crippen molar-refractivity contribution >= 4 is 59.6 Å². The Morgan fingerprint density at radius 2 is 1.22 bits per heavy atom. The van der Waals surface area contributed by atoms with Gasteiger partial charge in [-0.15, -0.1) is 0 Å². The lowest BCUT2D eigenvalue weighted by molar-refractivity contribution is -0.132. The van der Waals surface area contributed by atoms with Gasteiger partial charge in [-0.3, -0.25) is 24.0 Å². The fourth-order valence-electron chi connectivity index (χ4n) is 9.58. The van der Waals surface area contributed by atoms with E-state index in [9.17, 15) is 35.2 Å². The number of pyridine rings is 3. The summed E-state index contributed by atoms with van der Waals surface area (Å²) in [4.78, 5) is 49.3. The number of fused-ring (bicyclic) bond motifs is 6. The standard InChI is InChI=1S/C22H23FN4O4S.C21H22FN5O3S/c1-14-25-18-3-2-4-20(22(18)31-14)32(29,30)10-8-21(28)26-12-15-5-6-16(13-26)27(15)19-7-9-24-11-17(19)23;22-17-12-23-8-6-18(17)27-15-4-5-16(27)14-25(13-15)20(28)7-11-31(29,30)21-3-1-2-19-24-9-10-26(19)21/h2-4,7,9,11,15-16H,5-6,8,10,12-13H2,1H3;1-3,6,8-10,12,15-16H,4-5,7,11,13-14H2. The minimum Gasteiger partial charge on any atom is -0.440 e. The Morgan fingerprint density at radius 3 is 1.76 bits per heavy atom. The molecule has 2 amide bonds. The summed E-state index contributed by atoms with van der Waals surface area (Å²) < 4.78 is 87.1. The van der Waals surface area contributed by atoms with Crippen molar-refractivity contribution in [2.75, 3.05) is 47.5 Å². The fraction of sp³-hybridized carbons (Fsp3) is 0.395. The van der Waals surface area contributed by atoms with Crippen LogP contribution < -0.4 is 9.80 Å². The molecule has 4 unspecified atom stereocenters. The summed E-state index contributed by atoms with van der Waals surface area (Å²) >= 11 is 0. The van der Waals surface area contributed by atoms with Crippen LogP contribution in [-0.2, 0) is 29.3 Å². The summed E-state index contributed by atoms with van der Waals surface area (Å²) in [6, 6.07) is 13.1. The van der Waals surface area contributed by atoms with E-state index in [0.29, 0.717) is 54.6 Å². The Morgan fingerprint density at radius 1 is 0.698 bits per heavy atom. The van der Waals surface area contributed by atoms with Gasteiger partial charge in [-0.05, 0) is 62.1 Å². The third kappa shape index (κ3) is 8.32. The Kier molecular flexibility index (Phi) is 11.4. The maximum absolute atomic E-state index is 14.3. The van der Waals surface area contributed by atoms with E-state index in [0.717, 1.165) is 25.7 Å². The maximum atomic E-state index is 14.3. The molecule has 10 rings (SSSR count). The molecule has 4 saturated heterocycles. The number of imidazole rings is 1. The van der Waals surface area contributed by atoms with Gasteiger partial charge < -0.3 is 24.0 Å². The number of hydrogen-bond donors (Lipinski definition) is 0. The molecule has 20 heteroatoms. The van der Waals surface area contributed by atoms with Crippen molar-refractivity contribution in [2.45, 2.75) is 79.5 Å². The van der Waals surface area contributed by atoms with E-state index in [-0.39, 0.29) is 87.5 Å². The number of hydrogen-bond acceptors (Lipinski definition) is 13. The van der Waals surface area contributed by atoms with Crippen LogP contribution >= 0.6 is 0 Å². The van der Waals surface area contributed by atoms with E-state index in [4.69, 9.17) is 4.42 Å². The van der Waals surface area contributed by atoms with Crippen LogP contribution in [0.15, 0.2) is 100 Å². The number of carbonyl (C=O) groups is 2. The number of aryl methyl sites for hydroxylation is 1. The number of nitrogens with zero attached hydrogens (tertiary/aromatic N) is 9. The normalized spacial score (nSPS) is 20.9. The van der Waals surface area contributed by atoms with Crippen LogP contribution in [0, 0.1) is 18.6 Å². The maximum Gasteiger partial charge on any atom is 0.223 e. The van der Waals surface area contributed by atoms with E-state index in [1.165, 1.54) is 28.9 Å². The smallest absolute Gasteiger partial charge is 0.223 e. The lowest BCUT2D eigenvalue weighted by Gasteiger charge is -2.42. The van der Waals surface area contributed by atoms with Gasteiger partial charge in [-0.1, -0.05) is 12.1 Å². The van der Waals surface area contributed by atoms with Crippen molar-refractivity contribution in [3.8, 4) is 0 Å². The lowest BCUT2D eigenvalue weighted by Crippen LogP contribution is -2.55. The third-order valence-electron chi connectivity index (χ3n) is 12.4. The van der Waals surface area contributed by atoms with Crippen LogP contribution in [0.3, 0.4) is 0 Å². The fourth-order valence-corrected chi connectivity index (χ4v) is 12.4. The highest BCUT2D eigenvalue weighted by molar-refractivity contribution is 7.91. The van der Waals surface area contributed by atoms with Crippen LogP contribution in [0.5, 0.6) is 0 Å². The molecule has 0 radical (unpaired) electrons. The molecule has 9 heterocycles. The van der Waals surface area contributed by atoms with Crippen molar-refractivity contribution in [3.05, 3.63) is 103 Å². The number of carbonyl (C=O) groups excluding carboxylic acids is 2. The highest BCUT2D eigenvalue weighted by Crippen LogP contribution is 2.38. The minimum atomic E-state index is -3.73. The van der Waals surface area contributed by atoms with Gasteiger partial charge in [-0.2, -0.15) is 0 Å². The second kappa shape index (κ2) is 16.9. The number of piperazine rings is 2. The SMILES string of the molecule is Cc1nc2cccc(S(=O)(=O)CCC(=O)N3CC4CCC(C3)N4c3ccncc3F)c2o1.O=C(CCS(=O)(=O)c1cccc2nccn12)N1CC2CCC(C1)N2c1ccncc1F. The Hall–Kier alpha value is -6.02. The molecule has 0 saturated carbocycles. The molecule has 4 aliphatic heterocycles. The quantitative estimate of drug-likeness (QED) is 0.186. The molecular formula is C43H45F2N9O7S2. The topological polar surface area (TPSA) is 184 Å². The highest BCUT2D eigenvalue weighted by Gasteiger charge is 2.44. The first-order valence-electron chi connectivity index (χ1n) is 20.8. The molecule has 0 spiro atoms. The lowest BCUT2D eigenvalue weighted by atomic mass is 10.1. The van der Waals surface area contributed by atoms with Crippen molar-refractivity contribution < 1.29 is 39.6 Å². The van der Waals surface area contributed by atoms with Crippen LogP contribution in [0.2, 0.25) is 0 Å². The first kappa shape index (κ1) is 42.3. The number of aromatic nitrogens is 5. The number of amides is 2. The molecule has 63 heavy (non-hydrogen) atoms. The largest absolute Gasteiger partial charge is 0.440 e. The van der Waals surface area contributed by atoms with Gasteiger partial charge in [0.15, 0.2) is 42.8 Å². The molecule has 1 aromatic carbocycles. The molecule has 4 fully saturated rings. The monoisotopic (exact) mass is 901 g/mol. The van der Waals surface area contributed by atoms with E-state index < -0.39 is 19.7 Å². The number of sulfone groups is 2. The molecule has 16 nitrogen and oxygen atoms in total. The van der Waals surface area contributed by atoms with Gasteiger partial charge in [0, 0.05) is 94.9 Å². The molecule has 0 aliphatic carbocycles. The van der Waals surface area contributed by atoms with E-state index >= 15 is 0 Å². The highest BCUT2D eigenvalue weighted by atomic mass is 32.2. The first-order chi connectivity index (χ1) is 30.3. The number of oxazole rings is 1. The predicted octanol–water partition coefficient (Wildman–Crippen LogP) is 4.63. The Labute approximate surface area is 362 Å². The number of anilines is 2. The van der Waals surface area contributed by atoms with Crippen molar-refractivity contribution in [3.63, 3.8) is 0 Å². The molecular weight excluding hydrogens is 857 g/mol. The van der Waals surface area contributed by atoms with Crippen LogP contribution in [0.25, 0.3) is 16.7 Å². The predicted molar refractivity (Wildman–Crippen MR) is 227 cm³/mol. The van der Waals surface area contributed by atoms with Gasteiger partial charge in [0.1, 0.15) is 21.1 Å². The summed E-state index contributed by atoms with van der Waals surface area (Å²) in [6.45, 7) is 3.50. The number of para-hydroxylation sites is 1. The number of likely N-dealkylation sites (tertiary alicyclic amines) is 2. The molecule has 4 bridgehead atoms. The molecule has 6 aromatic rings. The summed E-state index contributed by atoms with van der Waals surface area (Å²) in [7, 11) is -7.38. The average molecular weight is 902 g/mol. The number of benzene rings is 1. The zero-order chi connectivity index (χ0) is 44.0. The van der Waals surface area contributed by atoms with Crippen LogP contribution in [-0.4, -0.2) is 125 Å². The van der Waals surface area contributed by atoms with Gasteiger partial charge in [0.2, 0.25) is 11.8 Å². The Balaban J connectivity index is 0.000000160. The summed E-state index contributed by atoms with van der Waals surface area (Å²) in [5.41, 5.74) is 2.28. The van der Waals surface area contributed by atoms with Gasteiger partial charge in [0.05, 0.1) is 35.3 Å². The molecule has 0 N–H and O–H groups in total. The zero-order valence-electron chi connectivity index (χ0n) is 34.3. The van der Waals surface area contributed by atoms with E-state index in [1.54, 1.807) is 77.9 Å². The van der Waals surface area contributed by atoms with Gasteiger partial charge in [-0.25, -0.2) is 35.6 Å². The van der Waals surface area contributed by atoms with E-state index in [2.05, 4.69) is 24.8 Å². The van der Waals surface area contributed by atoms with Crippen LogP contribution in [0.1, 0.15) is 44.4 Å². The number of rotatable bonds is 10. The molecule has 4 aliphatic rings. The summed E-state index contributed by atoms with van der Waals surface area (Å²) in [6.07, 6.45) is 11.9. The van der Waals surface area contributed by atoms with Crippen molar-refractivity contribution in [1.82, 2.24) is 34.1 Å². The Bertz CT molecular complexity index is 2900. The zero-order valence-corrected chi connectivity index (χ0v) is 36.0. The molecule has 5 aromatic heterocycles. The van der Waals surface area contributed by atoms with Gasteiger partial charge >= 0.3 is 0 Å². The second-order valence-corrected chi connectivity index (χ2v) is 20.5. The summed E-state index contributed by atoms with van der Waals surface area (Å²) in [5, 5.41) is 0.133. The second-order valence-electron chi connectivity index (χ2n) is 16.3.